The summed E-state index contributed by atoms with van der Waals surface area (Å²) in [6.45, 7) is 0.175. The van der Waals surface area contributed by atoms with Gasteiger partial charge in [-0.3, -0.25) is 4.79 Å². The number of methoxy groups -OCH3 is 1. The normalized spacial score (nSPS) is 11.0. The number of nitrogens with one attached hydrogen (secondary N) is 1. The highest BCUT2D eigenvalue weighted by atomic mass is 79.9. The molecule has 0 unspecified atom stereocenters. The quantitative estimate of drug-likeness (QED) is 0.528. The van der Waals surface area contributed by atoms with Gasteiger partial charge in [-0.1, -0.05) is 0 Å². The Kier molecular flexibility index (Phi) is 6.06. The summed E-state index contributed by atoms with van der Waals surface area (Å²) in [7, 11) is 1.41. The molecule has 1 aromatic heterocycles. The number of rotatable bonds is 5. The lowest BCUT2D eigenvalue weighted by Crippen LogP contribution is -2.23. The Bertz CT molecular complexity index is 824. The molecule has 0 aliphatic carbocycles. The van der Waals surface area contributed by atoms with Crippen LogP contribution in [0.15, 0.2) is 43.4 Å². The number of furan rings is 1. The Morgan fingerprint density at radius 1 is 1.50 bits per heavy atom. The van der Waals surface area contributed by atoms with E-state index in [2.05, 4.69) is 37.2 Å². The fraction of sp³-hybridized carbons (Fsp3) is 0.125. The third-order valence-electron chi connectivity index (χ3n) is 3.06. The molecular formula is C16H12Br2N2O4. The largest absolute Gasteiger partial charge is 0.503 e. The molecule has 0 saturated heterocycles. The van der Waals surface area contributed by atoms with Crippen molar-refractivity contribution in [3.05, 3.63) is 50.3 Å². The monoisotopic (exact) mass is 454 g/mol. The van der Waals surface area contributed by atoms with Crippen LogP contribution in [0.5, 0.6) is 11.5 Å². The maximum absolute atomic E-state index is 12.1. The molecule has 2 aromatic rings. The van der Waals surface area contributed by atoms with Crippen LogP contribution < -0.4 is 10.1 Å². The SMILES string of the molecule is COc1cc(/C=C(\C#N)C(=O)NCc2ccco2)c(Br)c(Br)c1O. The van der Waals surface area contributed by atoms with E-state index in [4.69, 9.17) is 9.15 Å². The molecule has 0 aliphatic rings. The number of halogens is 2. The van der Waals surface area contributed by atoms with Crippen molar-refractivity contribution in [2.45, 2.75) is 6.54 Å². The summed E-state index contributed by atoms with van der Waals surface area (Å²) in [5.41, 5.74) is 0.406. The number of hydrogen-bond donors (Lipinski definition) is 2. The third kappa shape index (κ3) is 3.99. The summed E-state index contributed by atoms with van der Waals surface area (Å²) in [5, 5.41) is 21.8. The van der Waals surface area contributed by atoms with Gasteiger partial charge in [-0.25, -0.2) is 0 Å². The minimum atomic E-state index is -0.538. The molecule has 2 rings (SSSR count). The van der Waals surface area contributed by atoms with Crippen LogP contribution in [-0.2, 0) is 11.3 Å². The molecule has 8 heteroatoms. The second kappa shape index (κ2) is 8.04. The molecule has 6 nitrogen and oxygen atoms in total. The van der Waals surface area contributed by atoms with E-state index in [0.29, 0.717) is 20.3 Å². The summed E-state index contributed by atoms with van der Waals surface area (Å²) < 4.78 is 11.0. The maximum atomic E-state index is 12.1. The van der Waals surface area contributed by atoms with Crippen LogP contribution in [0.2, 0.25) is 0 Å². The molecule has 2 N–H and O–H groups in total. The van der Waals surface area contributed by atoms with Gasteiger partial charge in [0.1, 0.15) is 17.4 Å². The molecule has 0 atom stereocenters. The van der Waals surface area contributed by atoms with Crippen molar-refractivity contribution in [1.29, 1.82) is 5.26 Å². The highest BCUT2D eigenvalue weighted by molar-refractivity contribution is 9.13. The first kappa shape index (κ1) is 18.1. The molecule has 0 spiro atoms. The van der Waals surface area contributed by atoms with Crippen LogP contribution in [-0.4, -0.2) is 18.1 Å². The van der Waals surface area contributed by atoms with Crippen molar-refractivity contribution in [2.24, 2.45) is 0 Å². The number of amides is 1. The zero-order valence-electron chi connectivity index (χ0n) is 12.5. The number of hydrogen-bond acceptors (Lipinski definition) is 5. The van der Waals surface area contributed by atoms with Gasteiger partial charge in [-0.2, -0.15) is 5.26 Å². The first-order valence-corrected chi connectivity index (χ1v) is 8.23. The first-order valence-electron chi connectivity index (χ1n) is 6.65. The fourth-order valence-electron chi connectivity index (χ4n) is 1.85. The average Bonchev–Trinajstić information content (AvgIpc) is 3.10. The van der Waals surface area contributed by atoms with Crippen LogP contribution in [0, 0.1) is 11.3 Å². The molecule has 1 amide bonds. The molecule has 0 bridgehead atoms. The maximum Gasteiger partial charge on any atom is 0.262 e. The Morgan fingerprint density at radius 3 is 2.83 bits per heavy atom. The lowest BCUT2D eigenvalue weighted by atomic mass is 10.1. The van der Waals surface area contributed by atoms with Gasteiger partial charge in [0.25, 0.3) is 5.91 Å². The predicted octanol–water partition coefficient (Wildman–Crippen LogP) is 3.74. The Morgan fingerprint density at radius 2 is 2.25 bits per heavy atom. The van der Waals surface area contributed by atoms with Crippen molar-refractivity contribution < 1.29 is 19.1 Å². The van der Waals surface area contributed by atoms with E-state index in [1.54, 1.807) is 12.1 Å². The zero-order chi connectivity index (χ0) is 17.7. The van der Waals surface area contributed by atoms with Crippen LogP contribution in [0.3, 0.4) is 0 Å². The van der Waals surface area contributed by atoms with E-state index in [9.17, 15) is 15.2 Å². The van der Waals surface area contributed by atoms with Crippen molar-refractivity contribution >= 4 is 43.8 Å². The lowest BCUT2D eigenvalue weighted by Gasteiger charge is -2.10. The molecule has 24 heavy (non-hydrogen) atoms. The lowest BCUT2D eigenvalue weighted by molar-refractivity contribution is -0.117. The van der Waals surface area contributed by atoms with Gasteiger partial charge in [0, 0.05) is 4.47 Å². The number of ether oxygens (including phenoxy) is 1. The van der Waals surface area contributed by atoms with Crippen molar-refractivity contribution in [3.63, 3.8) is 0 Å². The van der Waals surface area contributed by atoms with Crippen molar-refractivity contribution in [1.82, 2.24) is 5.32 Å². The van der Waals surface area contributed by atoms with E-state index in [0.717, 1.165) is 0 Å². The minimum Gasteiger partial charge on any atom is -0.503 e. The van der Waals surface area contributed by atoms with E-state index in [1.807, 2.05) is 6.07 Å². The Balaban J connectivity index is 2.28. The number of aromatic hydroxyl groups is 1. The number of nitriles is 1. The smallest absolute Gasteiger partial charge is 0.262 e. The van der Waals surface area contributed by atoms with Crippen LogP contribution >= 0.6 is 31.9 Å². The first-order chi connectivity index (χ1) is 11.5. The summed E-state index contributed by atoms with van der Waals surface area (Å²) in [6, 6.07) is 6.80. The number of carbonyl (C=O) groups excluding carboxylic acids is 1. The average molecular weight is 456 g/mol. The standard InChI is InChI=1S/C16H12Br2N2O4/c1-23-12-6-9(13(17)14(18)15(12)21)5-10(7-19)16(22)20-8-11-3-2-4-24-11/h2-6,21H,8H2,1H3,(H,20,22)/b10-5+. The highest BCUT2D eigenvalue weighted by Crippen LogP contribution is 2.42. The highest BCUT2D eigenvalue weighted by Gasteiger charge is 2.16. The molecule has 1 aromatic carbocycles. The number of phenols is 1. The second-order valence-corrected chi connectivity index (χ2v) is 6.16. The second-order valence-electron chi connectivity index (χ2n) is 4.58. The van der Waals surface area contributed by atoms with Crippen LogP contribution in [0.1, 0.15) is 11.3 Å². The molecule has 124 valence electrons. The summed E-state index contributed by atoms with van der Waals surface area (Å²) in [5.74, 6) is 0.173. The number of carbonyl (C=O) groups is 1. The van der Waals surface area contributed by atoms with Gasteiger partial charge >= 0.3 is 0 Å². The van der Waals surface area contributed by atoms with Crippen molar-refractivity contribution in [2.75, 3.05) is 7.11 Å². The summed E-state index contributed by atoms with van der Waals surface area (Å²) in [6.07, 6.45) is 2.90. The van der Waals surface area contributed by atoms with Gasteiger partial charge < -0.3 is 19.6 Å². The van der Waals surface area contributed by atoms with Crippen LogP contribution in [0.4, 0.5) is 0 Å². The fourth-order valence-corrected chi connectivity index (χ4v) is 2.69. The summed E-state index contributed by atoms with van der Waals surface area (Å²) in [4.78, 5) is 12.1. The molecular weight excluding hydrogens is 444 g/mol. The summed E-state index contributed by atoms with van der Waals surface area (Å²) >= 11 is 6.53. The third-order valence-corrected chi connectivity index (χ3v) is 5.22. The van der Waals surface area contributed by atoms with Crippen molar-refractivity contribution in [3.8, 4) is 17.6 Å². The van der Waals surface area contributed by atoms with Crippen LogP contribution in [0.25, 0.3) is 6.08 Å². The predicted molar refractivity (Wildman–Crippen MR) is 94.2 cm³/mol. The van der Waals surface area contributed by atoms with E-state index in [1.165, 1.54) is 25.5 Å². The van der Waals surface area contributed by atoms with Gasteiger partial charge in [-0.15, -0.1) is 0 Å². The molecule has 1 heterocycles. The number of nitrogens with zero attached hydrogens (tertiary/aromatic N) is 1. The topological polar surface area (TPSA) is 95.5 Å². The van der Waals surface area contributed by atoms with Gasteiger partial charge in [0.05, 0.1) is 24.4 Å². The Labute approximate surface area is 155 Å². The molecule has 0 radical (unpaired) electrons. The Hall–Kier alpha value is -2.24. The van der Waals surface area contributed by atoms with E-state index in [-0.39, 0.29) is 23.6 Å². The van der Waals surface area contributed by atoms with Gasteiger partial charge in [0.15, 0.2) is 11.5 Å². The number of benzene rings is 1. The molecule has 0 saturated carbocycles. The minimum absolute atomic E-state index is 0.0812. The number of phenolic OH excluding ortho intramolecular Hbond substituents is 1. The molecule has 0 fully saturated rings. The van der Waals surface area contributed by atoms with Gasteiger partial charge in [0.2, 0.25) is 0 Å². The van der Waals surface area contributed by atoms with E-state index >= 15 is 0 Å². The molecule has 0 aliphatic heterocycles. The van der Waals surface area contributed by atoms with Gasteiger partial charge in [-0.05, 0) is 61.7 Å². The zero-order valence-corrected chi connectivity index (χ0v) is 15.6. The van der Waals surface area contributed by atoms with E-state index < -0.39 is 5.91 Å².